The number of carbonyl (C=O) groups is 1. The SMILES string of the molecule is CC(C)(C)[Si](C)(C)O[C@H]1[C@H](c2cc3ncnc(NC(=O)c4ccccc4)n3c2)OC(C#N)(CO[Si](C)(C)C)[C@H]1O[Si](C)(C)C(C)(C)C. The van der Waals surface area contributed by atoms with Crippen LogP contribution in [0.25, 0.3) is 5.65 Å². The van der Waals surface area contributed by atoms with Crippen LogP contribution in [0.4, 0.5) is 5.95 Å². The van der Waals surface area contributed by atoms with Crippen LogP contribution in [0, 0.1) is 11.3 Å². The van der Waals surface area contributed by atoms with Gasteiger partial charge in [-0.05, 0) is 74.1 Å². The Bertz CT molecular complexity index is 1620. The molecular formula is C34H53N5O5Si3. The van der Waals surface area contributed by atoms with E-state index < -0.39 is 48.9 Å². The molecule has 256 valence electrons. The number of nitrogens with zero attached hydrogens (tertiary/aromatic N) is 4. The van der Waals surface area contributed by atoms with Gasteiger partial charge in [0.25, 0.3) is 5.91 Å². The number of ether oxygens (including phenoxy) is 1. The third-order valence-corrected chi connectivity index (χ3v) is 19.7. The molecule has 3 heterocycles. The zero-order valence-corrected chi connectivity index (χ0v) is 33.4. The van der Waals surface area contributed by atoms with Crippen molar-refractivity contribution in [3.05, 3.63) is 60.0 Å². The molecule has 0 aliphatic carbocycles. The maximum absolute atomic E-state index is 13.1. The van der Waals surface area contributed by atoms with Gasteiger partial charge in [0, 0.05) is 17.3 Å². The predicted octanol–water partition coefficient (Wildman–Crippen LogP) is 7.95. The van der Waals surface area contributed by atoms with Crippen molar-refractivity contribution < 1.29 is 22.8 Å². The van der Waals surface area contributed by atoms with Gasteiger partial charge in [-0.1, -0.05) is 59.7 Å². The van der Waals surface area contributed by atoms with Crippen molar-refractivity contribution in [2.75, 3.05) is 11.9 Å². The maximum atomic E-state index is 13.1. The normalized spacial score (nSPS) is 22.8. The van der Waals surface area contributed by atoms with Crippen molar-refractivity contribution in [1.29, 1.82) is 5.26 Å². The molecule has 1 aliphatic rings. The largest absolute Gasteiger partial charge is 0.413 e. The summed E-state index contributed by atoms with van der Waals surface area (Å²) in [7, 11) is -6.94. The molecule has 1 saturated heterocycles. The number of fused-ring (bicyclic) bond motifs is 1. The fourth-order valence-electron chi connectivity index (χ4n) is 4.86. The Labute approximate surface area is 283 Å². The van der Waals surface area contributed by atoms with E-state index in [0.717, 1.165) is 5.56 Å². The highest BCUT2D eigenvalue weighted by molar-refractivity contribution is 6.74. The van der Waals surface area contributed by atoms with Gasteiger partial charge in [-0.25, -0.2) is 9.97 Å². The van der Waals surface area contributed by atoms with Crippen LogP contribution < -0.4 is 5.32 Å². The molecule has 1 N–H and O–H groups in total. The average molecular weight is 696 g/mol. The summed E-state index contributed by atoms with van der Waals surface area (Å²) in [6, 6.07) is 13.4. The Hall–Kier alpha value is -2.71. The summed E-state index contributed by atoms with van der Waals surface area (Å²) in [5.41, 5.74) is 0.416. The van der Waals surface area contributed by atoms with Gasteiger partial charge in [0.2, 0.25) is 11.5 Å². The summed E-state index contributed by atoms with van der Waals surface area (Å²) < 4.78 is 29.5. The topological polar surface area (TPSA) is 120 Å². The van der Waals surface area contributed by atoms with Crippen LogP contribution in [0.5, 0.6) is 0 Å². The van der Waals surface area contributed by atoms with E-state index in [4.69, 9.17) is 18.0 Å². The highest BCUT2D eigenvalue weighted by atomic mass is 28.4. The summed E-state index contributed by atoms with van der Waals surface area (Å²) in [5.74, 6) is 0.0320. The first-order valence-electron chi connectivity index (χ1n) is 16.3. The van der Waals surface area contributed by atoms with Crippen LogP contribution in [-0.2, 0) is 18.0 Å². The number of nitriles is 1. The molecule has 1 fully saturated rings. The lowest BCUT2D eigenvalue weighted by atomic mass is 9.95. The van der Waals surface area contributed by atoms with Crippen LogP contribution >= 0.6 is 0 Å². The fraction of sp³-hybridized carbons (Fsp3) is 0.588. The van der Waals surface area contributed by atoms with Gasteiger partial charge in [0.15, 0.2) is 25.0 Å². The van der Waals surface area contributed by atoms with E-state index in [0.29, 0.717) is 17.2 Å². The second-order valence-corrected chi connectivity index (χ2v) is 30.6. The maximum Gasteiger partial charge on any atom is 0.257 e. The molecule has 1 aliphatic heterocycles. The Balaban J connectivity index is 1.87. The lowest BCUT2D eigenvalue weighted by Gasteiger charge is -2.45. The molecule has 47 heavy (non-hydrogen) atoms. The molecule has 4 rings (SSSR count). The Morgan fingerprint density at radius 2 is 1.57 bits per heavy atom. The van der Waals surface area contributed by atoms with Crippen LogP contribution in [0.2, 0.25) is 55.9 Å². The number of hydrogen-bond donors (Lipinski definition) is 1. The Morgan fingerprint density at radius 1 is 0.979 bits per heavy atom. The molecule has 2 aromatic heterocycles. The Morgan fingerprint density at radius 3 is 2.13 bits per heavy atom. The summed E-state index contributed by atoms with van der Waals surface area (Å²) >= 11 is 0. The van der Waals surface area contributed by atoms with Crippen LogP contribution in [0.1, 0.15) is 63.6 Å². The van der Waals surface area contributed by atoms with Gasteiger partial charge in [0.05, 0.1) is 6.61 Å². The third-order valence-electron chi connectivity index (χ3n) is 9.78. The molecule has 0 bridgehead atoms. The molecule has 10 nitrogen and oxygen atoms in total. The first kappa shape index (κ1) is 37.1. The molecular weight excluding hydrogens is 643 g/mol. The van der Waals surface area contributed by atoms with Crippen molar-refractivity contribution >= 4 is 42.5 Å². The second-order valence-electron chi connectivity index (χ2n) is 16.6. The minimum absolute atomic E-state index is 0.0674. The first-order valence-corrected chi connectivity index (χ1v) is 25.5. The van der Waals surface area contributed by atoms with E-state index in [9.17, 15) is 10.1 Å². The standard InChI is InChI=1S/C34H53N5O5Si3/c1-32(2,3)46(10,11)43-28-27(42-34(21-35,22-41-45(7,8)9)29(28)44-47(12,13)33(4,5)6)25-19-26-36-23-37-31(39(26)20-25)38-30(40)24-17-15-14-16-18-24/h14-20,23,27-29H,22H2,1-13H3,(H,36,37,38,40)/t27-,28-,29-,34?/m0/s1. The van der Waals surface area contributed by atoms with Gasteiger partial charge in [-0.3, -0.25) is 14.5 Å². The molecule has 1 amide bonds. The van der Waals surface area contributed by atoms with Crippen molar-refractivity contribution in [3.8, 4) is 6.07 Å². The Kier molecular flexibility index (Phi) is 10.2. The smallest absolute Gasteiger partial charge is 0.257 e. The fourth-order valence-corrected chi connectivity index (χ4v) is 8.10. The molecule has 1 aromatic carbocycles. The summed E-state index contributed by atoms with van der Waals surface area (Å²) in [6.07, 6.45) is 1.28. The number of benzene rings is 1. The number of aromatic nitrogens is 3. The molecule has 1 unspecified atom stereocenters. The third kappa shape index (κ3) is 7.96. The number of nitrogens with one attached hydrogen (secondary N) is 1. The second kappa shape index (κ2) is 13.0. The number of anilines is 1. The molecule has 0 radical (unpaired) electrons. The summed E-state index contributed by atoms with van der Waals surface area (Å²) in [6.45, 7) is 28.3. The van der Waals surface area contributed by atoms with Gasteiger partial charge >= 0.3 is 0 Å². The molecule has 0 spiro atoms. The summed E-state index contributed by atoms with van der Waals surface area (Å²) in [5, 5.41) is 13.7. The lowest BCUT2D eigenvalue weighted by molar-refractivity contribution is -0.0662. The number of hydrogen-bond acceptors (Lipinski definition) is 8. The van der Waals surface area contributed by atoms with Gasteiger partial charge < -0.3 is 18.0 Å². The molecule has 4 atom stereocenters. The quantitative estimate of drug-likeness (QED) is 0.212. The zero-order valence-electron chi connectivity index (χ0n) is 30.4. The van der Waals surface area contributed by atoms with Crippen molar-refractivity contribution in [2.45, 2.75) is 121 Å². The van der Waals surface area contributed by atoms with Gasteiger partial charge in [-0.15, -0.1) is 0 Å². The number of carbonyl (C=O) groups excluding carboxylic acids is 1. The zero-order chi connectivity index (χ0) is 35.2. The molecule has 3 aromatic rings. The number of amides is 1. The van der Waals surface area contributed by atoms with E-state index >= 15 is 0 Å². The predicted molar refractivity (Wildman–Crippen MR) is 193 cm³/mol. The van der Waals surface area contributed by atoms with Gasteiger partial charge in [0.1, 0.15) is 36.4 Å². The minimum Gasteiger partial charge on any atom is -0.413 e. The molecule has 0 saturated carbocycles. The van der Waals surface area contributed by atoms with E-state index in [1.165, 1.54) is 6.33 Å². The van der Waals surface area contributed by atoms with Crippen molar-refractivity contribution in [3.63, 3.8) is 0 Å². The monoisotopic (exact) mass is 695 g/mol. The van der Waals surface area contributed by atoms with E-state index in [-0.39, 0.29) is 22.6 Å². The van der Waals surface area contributed by atoms with Crippen LogP contribution in [-0.4, -0.2) is 69.6 Å². The van der Waals surface area contributed by atoms with E-state index in [1.807, 2.05) is 30.5 Å². The van der Waals surface area contributed by atoms with Crippen molar-refractivity contribution in [2.24, 2.45) is 0 Å². The van der Waals surface area contributed by atoms with Crippen LogP contribution in [0.15, 0.2) is 48.9 Å². The highest BCUT2D eigenvalue weighted by Crippen LogP contribution is 2.50. The summed E-state index contributed by atoms with van der Waals surface area (Å²) in [4.78, 5) is 21.9. The lowest BCUT2D eigenvalue weighted by Crippen LogP contribution is -2.58. The number of rotatable bonds is 10. The first-order chi connectivity index (χ1) is 21.5. The average Bonchev–Trinajstić information content (AvgIpc) is 3.51. The van der Waals surface area contributed by atoms with Crippen LogP contribution in [0.3, 0.4) is 0 Å². The van der Waals surface area contributed by atoms with E-state index in [1.54, 1.807) is 16.5 Å². The van der Waals surface area contributed by atoms with Gasteiger partial charge in [-0.2, -0.15) is 5.26 Å². The molecule has 13 heteroatoms. The van der Waals surface area contributed by atoms with E-state index in [2.05, 4.69) is 109 Å². The minimum atomic E-state index is -2.45. The van der Waals surface area contributed by atoms with Crippen molar-refractivity contribution in [1.82, 2.24) is 14.4 Å². The highest BCUT2D eigenvalue weighted by Gasteiger charge is 2.62.